The quantitative estimate of drug-likeness (QED) is 0.659. The molecule has 0 aliphatic heterocycles. The van der Waals surface area contributed by atoms with Crippen molar-refractivity contribution < 1.29 is 4.79 Å². The van der Waals surface area contributed by atoms with Crippen LogP contribution in [-0.4, -0.2) is 10.9 Å². The van der Waals surface area contributed by atoms with E-state index in [0.717, 1.165) is 11.3 Å². The van der Waals surface area contributed by atoms with Crippen LogP contribution in [0.4, 0.5) is 5.13 Å². The predicted octanol–water partition coefficient (Wildman–Crippen LogP) is 5.64. The molecule has 0 bridgehead atoms. The van der Waals surface area contributed by atoms with E-state index in [1.165, 1.54) is 28.0 Å². The van der Waals surface area contributed by atoms with E-state index in [0.29, 0.717) is 15.7 Å². The normalized spacial score (nSPS) is 10.7. The van der Waals surface area contributed by atoms with Crippen molar-refractivity contribution in [2.45, 2.75) is 20.8 Å². The number of nitrogens with zero attached hydrogens (tertiary/aromatic N) is 1. The largest absolute Gasteiger partial charge is 0.298 e. The first kappa shape index (κ1) is 16.7. The Labute approximate surface area is 150 Å². The van der Waals surface area contributed by atoms with Gasteiger partial charge in [0.1, 0.15) is 0 Å². The minimum absolute atomic E-state index is 0.252. The summed E-state index contributed by atoms with van der Waals surface area (Å²) in [7, 11) is 0. The number of carbonyl (C=O) groups is 1. The average Bonchev–Trinajstić information content (AvgIpc) is 2.99. The second kappa shape index (κ2) is 6.75. The number of hydrogen-bond donors (Lipinski definition) is 1. The number of nitrogens with one attached hydrogen (secondary N) is 1. The highest BCUT2D eigenvalue weighted by Gasteiger charge is 2.13. The Balaban J connectivity index is 1.85. The van der Waals surface area contributed by atoms with Gasteiger partial charge in [0, 0.05) is 10.9 Å². The monoisotopic (exact) mass is 356 g/mol. The molecule has 122 valence electrons. The third kappa shape index (κ3) is 3.35. The third-order valence-corrected chi connectivity index (χ3v) is 5.05. The Morgan fingerprint density at radius 1 is 1.08 bits per heavy atom. The van der Waals surface area contributed by atoms with Crippen molar-refractivity contribution >= 4 is 34.0 Å². The first-order valence-electron chi connectivity index (χ1n) is 7.55. The summed E-state index contributed by atoms with van der Waals surface area (Å²) in [6, 6.07) is 11.3. The van der Waals surface area contributed by atoms with Gasteiger partial charge in [-0.05, 0) is 55.7 Å². The smallest absolute Gasteiger partial charge is 0.258 e. The summed E-state index contributed by atoms with van der Waals surface area (Å²) in [4.78, 5) is 16.9. The molecule has 0 fully saturated rings. The third-order valence-electron chi connectivity index (χ3n) is 3.96. The first-order chi connectivity index (χ1) is 11.5. The lowest BCUT2D eigenvalue weighted by Gasteiger charge is -2.07. The zero-order chi connectivity index (χ0) is 17.3. The summed E-state index contributed by atoms with van der Waals surface area (Å²) in [5.41, 5.74) is 6.07. The van der Waals surface area contributed by atoms with Crippen LogP contribution in [0.5, 0.6) is 0 Å². The number of aryl methyl sites for hydroxylation is 3. The number of anilines is 1. The van der Waals surface area contributed by atoms with Crippen molar-refractivity contribution in [3.8, 4) is 11.3 Å². The minimum atomic E-state index is -0.252. The fourth-order valence-electron chi connectivity index (χ4n) is 2.50. The number of hydrogen-bond acceptors (Lipinski definition) is 3. The second-order valence-corrected chi connectivity index (χ2v) is 6.99. The van der Waals surface area contributed by atoms with Crippen LogP contribution in [0.15, 0.2) is 41.8 Å². The van der Waals surface area contributed by atoms with Crippen LogP contribution in [0.2, 0.25) is 5.02 Å². The van der Waals surface area contributed by atoms with Gasteiger partial charge in [0.05, 0.1) is 16.3 Å². The van der Waals surface area contributed by atoms with Gasteiger partial charge in [-0.2, -0.15) is 0 Å². The van der Waals surface area contributed by atoms with Crippen molar-refractivity contribution in [3.05, 3.63) is 69.1 Å². The highest BCUT2D eigenvalue weighted by molar-refractivity contribution is 7.14. The maximum absolute atomic E-state index is 12.3. The summed E-state index contributed by atoms with van der Waals surface area (Å²) in [5.74, 6) is -0.252. The van der Waals surface area contributed by atoms with Gasteiger partial charge >= 0.3 is 0 Å². The highest BCUT2D eigenvalue weighted by atomic mass is 35.5. The number of amides is 1. The maximum Gasteiger partial charge on any atom is 0.258 e. The van der Waals surface area contributed by atoms with Crippen molar-refractivity contribution in [2.75, 3.05) is 5.32 Å². The Bertz CT molecular complexity index is 917. The Hall–Kier alpha value is -2.17. The predicted molar refractivity (Wildman–Crippen MR) is 101 cm³/mol. The second-order valence-electron chi connectivity index (χ2n) is 5.72. The number of aromatic nitrogens is 1. The lowest BCUT2D eigenvalue weighted by molar-refractivity contribution is 0.102. The van der Waals surface area contributed by atoms with Gasteiger partial charge in [-0.1, -0.05) is 29.8 Å². The number of rotatable bonds is 3. The molecule has 5 heteroatoms. The molecule has 1 heterocycles. The van der Waals surface area contributed by atoms with E-state index in [2.05, 4.69) is 43.2 Å². The van der Waals surface area contributed by atoms with Crippen LogP contribution < -0.4 is 5.32 Å². The number of benzene rings is 2. The van der Waals surface area contributed by atoms with Crippen molar-refractivity contribution in [2.24, 2.45) is 0 Å². The first-order valence-corrected chi connectivity index (χ1v) is 8.81. The molecule has 2 aromatic carbocycles. The molecule has 0 unspecified atom stereocenters. The SMILES string of the molecule is Cc1cc(C)c(-c2csc(NC(=O)c3ccccc3Cl)n2)cc1C. The number of carbonyl (C=O) groups excluding carboxylic acids is 1. The summed E-state index contributed by atoms with van der Waals surface area (Å²) >= 11 is 7.47. The van der Waals surface area contributed by atoms with Crippen LogP contribution in [-0.2, 0) is 0 Å². The lowest BCUT2D eigenvalue weighted by Crippen LogP contribution is -2.12. The molecule has 3 nitrogen and oxygen atoms in total. The molecule has 0 radical (unpaired) electrons. The van der Waals surface area contributed by atoms with E-state index in [-0.39, 0.29) is 5.91 Å². The van der Waals surface area contributed by atoms with Crippen molar-refractivity contribution in [1.29, 1.82) is 0 Å². The molecule has 3 aromatic rings. The fraction of sp³-hybridized carbons (Fsp3) is 0.158. The van der Waals surface area contributed by atoms with E-state index < -0.39 is 0 Å². The standard InChI is InChI=1S/C19H17ClN2OS/c1-11-8-13(3)15(9-12(11)2)17-10-24-19(21-17)22-18(23)14-6-4-5-7-16(14)20/h4-10H,1-3H3,(H,21,22,23). The molecule has 1 aromatic heterocycles. The van der Waals surface area contributed by atoms with E-state index in [1.807, 2.05) is 5.38 Å². The van der Waals surface area contributed by atoms with Crippen LogP contribution in [0.1, 0.15) is 27.0 Å². The highest BCUT2D eigenvalue weighted by Crippen LogP contribution is 2.30. The van der Waals surface area contributed by atoms with Crippen molar-refractivity contribution in [3.63, 3.8) is 0 Å². The van der Waals surface area contributed by atoms with Crippen LogP contribution in [0, 0.1) is 20.8 Å². The molecular weight excluding hydrogens is 340 g/mol. The molecule has 0 aliphatic carbocycles. The molecule has 0 saturated heterocycles. The zero-order valence-electron chi connectivity index (χ0n) is 13.7. The summed E-state index contributed by atoms with van der Waals surface area (Å²) in [6.07, 6.45) is 0. The summed E-state index contributed by atoms with van der Waals surface area (Å²) in [6.45, 7) is 6.26. The molecule has 24 heavy (non-hydrogen) atoms. The molecule has 3 rings (SSSR count). The van der Waals surface area contributed by atoms with Gasteiger partial charge in [-0.25, -0.2) is 4.98 Å². The number of halogens is 1. The van der Waals surface area contributed by atoms with Gasteiger partial charge in [0.2, 0.25) is 0 Å². The maximum atomic E-state index is 12.3. The average molecular weight is 357 g/mol. The summed E-state index contributed by atoms with van der Waals surface area (Å²) in [5, 5.41) is 5.77. The Morgan fingerprint density at radius 2 is 1.79 bits per heavy atom. The van der Waals surface area contributed by atoms with Gasteiger partial charge in [-0.3, -0.25) is 10.1 Å². The molecule has 0 aliphatic rings. The topological polar surface area (TPSA) is 42.0 Å². The molecule has 0 atom stereocenters. The molecular formula is C19H17ClN2OS. The fourth-order valence-corrected chi connectivity index (χ4v) is 3.43. The van der Waals surface area contributed by atoms with Gasteiger partial charge in [-0.15, -0.1) is 11.3 Å². The zero-order valence-corrected chi connectivity index (χ0v) is 15.3. The minimum Gasteiger partial charge on any atom is -0.298 e. The molecule has 0 spiro atoms. The Morgan fingerprint density at radius 3 is 2.54 bits per heavy atom. The lowest BCUT2D eigenvalue weighted by atomic mass is 9.99. The Kier molecular flexibility index (Phi) is 4.69. The van der Waals surface area contributed by atoms with E-state index >= 15 is 0 Å². The number of thiazole rings is 1. The molecule has 0 saturated carbocycles. The molecule has 1 amide bonds. The molecule has 1 N–H and O–H groups in total. The van der Waals surface area contributed by atoms with Crippen LogP contribution in [0.3, 0.4) is 0 Å². The van der Waals surface area contributed by atoms with E-state index in [9.17, 15) is 4.79 Å². The van der Waals surface area contributed by atoms with Crippen molar-refractivity contribution in [1.82, 2.24) is 4.98 Å². The van der Waals surface area contributed by atoms with Gasteiger partial charge < -0.3 is 0 Å². The van der Waals surface area contributed by atoms with E-state index in [4.69, 9.17) is 11.6 Å². The van der Waals surface area contributed by atoms with Gasteiger partial charge in [0.15, 0.2) is 5.13 Å². The summed E-state index contributed by atoms with van der Waals surface area (Å²) < 4.78 is 0. The van der Waals surface area contributed by atoms with Crippen LogP contribution in [0.25, 0.3) is 11.3 Å². The van der Waals surface area contributed by atoms with E-state index in [1.54, 1.807) is 24.3 Å². The van der Waals surface area contributed by atoms with Gasteiger partial charge in [0.25, 0.3) is 5.91 Å². The van der Waals surface area contributed by atoms with Crippen LogP contribution >= 0.6 is 22.9 Å².